The highest BCUT2D eigenvalue weighted by Crippen LogP contribution is 2.37. The summed E-state index contributed by atoms with van der Waals surface area (Å²) in [6.45, 7) is 3.30. The minimum atomic E-state index is 0. The quantitative estimate of drug-likeness (QED) is 0.777. The number of nitrogens with zero attached hydrogens (tertiary/aromatic N) is 3. The zero-order chi connectivity index (χ0) is 16.4. The van der Waals surface area contributed by atoms with Crippen molar-refractivity contribution in [2.75, 3.05) is 36.0 Å². The Morgan fingerprint density at radius 3 is 2.56 bits per heavy atom. The maximum atomic E-state index is 5.91. The summed E-state index contributed by atoms with van der Waals surface area (Å²) in [7, 11) is 0. The Morgan fingerprint density at radius 1 is 1.00 bits per heavy atom. The molecule has 0 aliphatic carbocycles. The molecule has 2 aromatic carbocycles. The van der Waals surface area contributed by atoms with Gasteiger partial charge in [-0.25, -0.2) is 0 Å². The number of ether oxygens (including phenoxy) is 1. The number of anilines is 2. The first-order chi connectivity index (χ1) is 11.8. The Hall–Kier alpha value is -1.91. The van der Waals surface area contributed by atoms with Crippen LogP contribution in [-0.4, -0.2) is 32.2 Å². The molecule has 2 aliphatic rings. The molecule has 0 spiro atoms. The lowest BCUT2D eigenvalue weighted by Crippen LogP contribution is -2.40. The largest absolute Gasteiger partial charge is 0.492 e. The van der Waals surface area contributed by atoms with Crippen molar-refractivity contribution in [2.24, 2.45) is 4.99 Å². The molecule has 2 aromatic rings. The summed E-state index contributed by atoms with van der Waals surface area (Å²) in [6, 6.07) is 16.0. The molecule has 0 bridgehead atoms. The van der Waals surface area contributed by atoms with Crippen LogP contribution in [0.4, 0.5) is 11.4 Å². The van der Waals surface area contributed by atoms with Crippen molar-refractivity contribution in [3.8, 4) is 5.75 Å². The maximum absolute atomic E-state index is 5.91. The molecule has 2 aliphatic heterocycles. The van der Waals surface area contributed by atoms with Gasteiger partial charge in [0.15, 0.2) is 0 Å². The molecule has 0 aromatic heterocycles. The van der Waals surface area contributed by atoms with Crippen molar-refractivity contribution < 1.29 is 4.74 Å². The van der Waals surface area contributed by atoms with Crippen LogP contribution in [0.15, 0.2) is 53.5 Å². The standard InChI is InChI=1S/C19H20ClN3O.ClH/c20-15-7-9-16(10-8-15)24-14-13-23-18-6-2-1-5-17(18)22-12-4-3-11-21-19(22)23;/h1-2,5-10H,3-4,11-14H2;1H. The topological polar surface area (TPSA) is 28.1 Å². The second-order valence-electron chi connectivity index (χ2n) is 5.98. The summed E-state index contributed by atoms with van der Waals surface area (Å²) in [4.78, 5) is 9.43. The van der Waals surface area contributed by atoms with E-state index in [9.17, 15) is 0 Å². The molecule has 0 atom stereocenters. The second-order valence-corrected chi connectivity index (χ2v) is 6.42. The number of fused-ring (bicyclic) bond motifs is 3. The number of hydrogen-bond donors (Lipinski definition) is 0. The molecule has 0 saturated carbocycles. The van der Waals surface area contributed by atoms with E-state index in [1.165, 1.54) is 17.8 Å². The van der Waals surface area contributed by atoms with E-state index in [4.69, 9.17) is 21.3 Å². The first kappa shape index (κ1) is 17.9. The summed E-state index contributed by atoms with van der Waals surface area (Å²) in [5.74, 6) is 1.90. The molecule has 0 fully saturated rings. The van der Waals surface area contributed by atoms with E-state index in [2.05, 4.69) is 34.1 Å². The normalized spacial score (nSPS) is 15.6. The number of guanidine groups is 1. The van der Waals surface area contributed by atoms with Crippen LogP contribution in [0.1, 0.15) is 12.8 Å². The fraction of sp³-hybridized carbons (Fsp3) is 0.316. The summed E-state index contributed by atoms with van der Waals surface area (Å²) in [5.41, 5.74) is 2.47. The van der Waals surface area contributed by atoms with E-state index in [0.717, 1.165) is 42.8 Å². The summed E-state index contributed by atoms with van der Waals surface area (Å²) in [5, 5.41) is 0.722. The van der Waals surface area contributed by atoms with Crippen LogP contribution in [-0.2, 0) is 0 Å². The van der Waals surface area contributed by atoms with Crippen molar-refractivity contribution >= 4 is 41.3 Å². The van der Waals surface area contributed by atoms with Crippen molar-refractivity contribution in [1.82, 2.24) is 0 Å². The molecule has 0 unspecified atom stereocenters. The lowest BCUT2D eigenvalue weighted by Gasteiger charge is -2.22. The SMILES string of the molecule is Cl.Clc1ccc(OCCN2C3=NCCCCN3c3ccccc32)cc1. The highest BCUT2D eigenvalue weighted by molar-refractivity contribution is 6.30. The zero-order valence-corrected chi connectivity index (χ0v) is 15.5. The van der Waals surface area contributed by atoms with E-state index in [1.807, 2.05) is 24.3 Å². The lowest BCUT2D eigenvalue weighted by atomic mass is 10.2. The van der Waals surface area contributed by atoms with Crippen molar-refractivity contribution in [3.63, 3.8) is 0 Å². The molecular formula is C19H21Cl2N3O. The first-order valence-corrected chi connectivity index (χ1v) is 8.78. The monoisotopic (exact) mass is 377 g/mol. The Bertz CT molecular complexity index is 749. The average molecular weight is 378 g/mol. The third-order valence-electron chi connectivity index (χ3n) is 4.39. The van der Waals surface area contributed by atoms with Gasteiger partial charge in [0.1, 0.15) is 12.4 Å². The van der Waals surface area contributed by atoms with E-state index in [-0.39, 0.29) is 12.4 Å². The van der Waals surface area contributed by atoms with Crippen LogP contribution in [0, 0.1) is 0 Å². The van der Waals surface area contributed by atoms with Gasteiger partial charge >= 0.3 is 0 Å². The number of para-hydroxylation sites is 2. The van der Waals surface area contributed by atoms with Crippen molar-refractivity contribution in [3.05, 3.63) is 53.6 Å². The van der Waals surface area contributed by atoms with Crippen LogP contribution in [0.3, 0.4) is 0 Å². The lowest BCUT2D eigenvalue weighted by molar-refractivity contribution is 0.328. The Kier molecular flexibility index (Phi) is 5.71. The molecule has 4 nitrogen and oxygen atoms in total. The van der Waals surface area contributed by atoms with Crippen LogP contribution in [0.5, 0.6) is 5.75 Å². The van der Waals surface area contributed by atoms with Gasteiger partial charge in [0.25, 0.3) is 0 Å². The second kappa shape index (κ2) is 7.98. The molecule has 2 heterocycles. The minimum Gasteiger partial charge on any atom is -0.492 e. The smallest absolute Gasteiger partial charge is 0.205 e. The average Bonchev–Trinajstić information content (AvgIpc) is 2.76. The van der Waals surface area contributed by atoms with Gasteiger partial charge in [-0.15, -0.1) is 12.4 Å². The molecule has 25 heavy (non-hydrogen) atoms. The predicted molar refractivity (Wildman–Crippen MR) is 107 cm³/mol. The van der Waals surface area contributed by atoms with Gasteiger partial charge in [-0.1, -0.05) is 23.7 Å². The van der Waals surface area contributed by atoms with Gasteiger partial charge in [0, 0.05) is 18.1 Å². The van der Waals surface area contributed by atoms with Gasteiger partial charge < -0.3 is 14.5 Å². The molecule has 0 radical (unpaired) electrons. The highest BCUT2D eigenvalue weighted by atomic mass is 35.5. The fourth-order valence-corrected chi connectivity index (χ4v) is 3.37. The van der Waals surface area contributed by atoms with Crippen LogP contribution >= 0.6 is 24.0 Å². The Balaban J connectivity index is 0.00000182. The molecule has 4 rings (SSSR count). The molecule has 6 heteroatoms. The first-order valence-electron chi connectivity index (χ1n) is 8.40. The number of rotatable bonds is 4. The van der Waals surface area contributed by atoms with Crippen LogP contribution in [0.2, 0.25) is 5.02 Å². The molecule has 132 valence electrons. The Labute approximate surface area is 159 Å². The summed E-state index contributed by atoms with van der Waals surface area (Å²) < 4.78 is 5.88. The zero-order valence-electron chi connectivity index (χ0n) is 13.9. The van der Waals surface area contributed by atoms with Crippen molar-refractivity contribution in [2.45, 2.75) is 12.8 Å². The molecule has 0 N–H and O–H groups in total. The Morgan fingerprint density at radius 2 is 1.76 bits per heavy atom. The summed E-state index contributed by atoms with van der Waals surface area (Å²) in [6.07, 6.45) is 2.33. The maximum Gasteiger partial charge on any atom is 0.205 e. The van der Waals surface area contributed by atoms with Crippen LogP contribution in [0.25, 0.3) is 0 Å². The molecule has 0 amide bonds. The van der Waals surface area contributed by atoms with E-state index in [0.29, 0.717) is 6.61 Å². The van der Waals surface area contributed by atoms with Gasteiger partial charge in [0.2, 0.25) is 5.96 Å². The number of aliphatic imine (C=N–C) groups is 1. The van der Waals surface area contributed by atoms with Gasteiger partial charge in [-0.3, -0.25) is 4.99 Å². The van der Waals surface area contributed by atoms with E-state index in [1.54, 1.807) is 0 Å². The fourth-order valence-electron chi connectivity index (χ4n) is 3.24. The van der Waals surface area contributed by atoms with E-state index >= 15 is 0 Å². The molecular weight excluding hydrogens is 357 g/mol. The number of benzene rings is 2. The minimum absolute atomic E-state index is 0. The van der Waals surface area contributed by atoms with Crippen molar-refractivity contribution in [1.29, 1.82) is 0 Å². The summed E-state index contributed by atoms with van der Waals surface area (Å²) >= 11 is 5.91. The third-order valence-corrected chi connectivity index (χ3v) is 4.64. The third kappa shape index (κ3) is 3.70. The highest BCUT2D eigenvalue weighted by Gasteiger charge is 2.32. The van der Waals surface area contributed by atoms with Gasteiger partial charge in [-0.05, 0) is 49.2 Å². The molecule has 0 saturated heterocycles. The van der Waals surface area contributed by atoms with E-state index < -0.39 is 0 Å². The van der Waals surface area contributed by atoms with Crippen LogP contribution < -0.4 is 14.5 Å². The van der Waals surface area contributed by atoms with Gasteiger partial charge in [0.05, 0.1) is 17.9 Å². The number of halogens is 2. The van der Waals surface area contributed by atoms with Gasteiger partial charge in [-0.2, -0.15) is 0 Å². The number of hydrogen-bond acceptors (Lipinski definition) is 4. The predicted octanol–water partition coefficient (Wildman–Crippen LogP) is 4.62.